The van der Waals surface area contributed by atoms with E-state index < -0.39 is 22.5 Å². The number of carbonyl (C=O) groups excluding carboxylic acids is 1. The minimum Gasteiger partial charge on any atom is -0.485 e. The van der Waals surface area contributed by atoms with Crippen molar-refractivity contribution in [2.45, 2.75) is 31.3 Å². The minimum absolute atomic E-state index is 0.122. The Hall–Kier alpha value is -4.12. The second kappa shape index (κ2) is 13.5. The van der Waals surface area contributed by atoms with Crippen molar-refractivity contribution >= 4 is 55.7 Å². The third-order valence-corrected chi connectivity index (χ3v) is 8.61. The van der Waals surface area contributed by atoms with Crippen LogP contribution in [0.3, 0.4) is 0 Å². The third kappa shape index (κ3) is 7.27. The number of halogens is 2. The van der Waals surface area contributed by atoms with E-state index >= 15 is 0 Å². The van der Waals surface area contributed by atoms with Gasteiger partial charge in [0.15, 0.2) is 6.61 Å². The summed E-state index contributed by atoms with van der Waals surface area (Å²) in [5, 5.41) is 5.74. The van der Waals surface area contributed by atoms with Gasteiger partial charge in [-0.3, -0.25) is 9.10 Å². The molecule has 5 aromatic rings. The van der Waals surface area contributed by atoms with E-state index in [4.69, 9.17) is 37.2 Å². The molecule has 0 atom stereocenters. The maximum Gasteiger partial charge on any atom is 0.326 e. The van der Waals surface area contributed by atoms with Gasteiger partial charge in [0.25, 0.3) is 15.9 Å². The summed E-state index contributed by atoms with van der Waals surface area (Å²) in [6.07, 6.45) is 1.49. The number of fused-ring (bicyclic) bond motifs is 1. The quantitative estimate of drug-likeness (QED) is 0.103. The molecule has 9 nitrogen and oxygen atoms in total. The van der Waals surface area contributed by atoms with Gasteiger partial charge in [-0.15, -0.1) is 0 Å². The van der Waals surface area contributed by atoms with Gasteiger partial charge in [0.2, 0.25) is 5.82 Å². The molecule has 5 rings (SSSR count). The molecular weight excluding hydrogens is 613 g/mol. The Morgan fingerprint density at radius 2 is 1.72 bits per heavy atom. The molecule has 0 bridgehead atoms. The fraction of sp³-hybridized carbons (Fsp3) is 0.194. The summed E-state index contributed by atoms with van der Waals surface area (Å²) in [7, 11) is -4.27. The fourth-order valence-electron chi connectivity index (χ4n) is 4.31. The molecule has 43 heavy (non-hydrogen) atoms. The molecule has 0 amide bonds. The number of ether oxygens (including phenoxy) is 2. The molecule has 1 heterocycles. The summed E-state index contributed by atoms with van der Waals surface area (Å²) >= 11 is 12.2. The second-order valence-corrected chi connectivity index (χ2v) is 12.3. The summed E-state index contributed by atoms with van der Waals surface area (Å²) in [6, 6.07) is 23.7. The zero-order chi connectivity index (χ0) is 30.4. The van der Waals surface area contributed by atoms with Gasteiger partial charge in [0.1, 0.15) is 12.3 Å². The van der Waals surface area contributed by atoms with Crippen LogP contribution in [0.25, 0.3) is 22.2 Å². The maximum absolute atomic E-state index is 13.8. The van der Waals surface area contributed by atoms with E-state index in [9.17, 15) is 13.2 Å². The molecule has 0 spiro atoms. The van der Waals surface area contributed by atoms with Crippen LogP contribution in [0.2, 0.25) is 10.0 Å². The van der Waals surface area contributed by atoms with Gasteiger partial charge in [-0.2, -0.15) is 4.98 Å². The van der Waals surface area contributed by atoms with Crippen molar-refractivity contribution in [3.05, 3.63) is 101 Å². The summed E-state index contributed by atoms with van der Waals surface area (Å²) in [4.78, 5) is 17.1. The lowest BCUT2D eigenvalue weighted by Crippen LogP contribution is -2.36. The number of hydrogen-bond donors (Lipinski definition) is 0. The van der Waals surface area contributed by atoms with Gasteiger partial charge >= 0.3 is 5.97 Å². The van der Waals surface area contributed by atoms with Crippen LogP contribution >= 0.6 is 23.2 Å². The lowest BCUT2D eigenvalue weighted by Gasteiger charge is -2.24. The predicted molar refractivity (Wildman–Crippen MR) is 165 cm³/mol. The standard InChI is InChI=1S/C31H27Cl2N3O6S/c1-2-3-14-40-30(37)19-36(43(38,39)26-17-22(32)16-23(33)18-26)24-12-13-27-21(15-24)8-7-11-28(27)31-34-29(35-42-31)20-41-25-9-5-4-6-10-25/h4-13,15-18H,2-3,14,19-20H2,1H3. The average Bonchev–Trinajstić information content (AvgIpc) is 3.47. The number of unbranched alkanes of at least 4 members (excludes halogenated alkanes) is 1. The average molecular weight is 641 g/mol. The Balaban J connectivity index is 1.47. The number of rotatable bonds is 12. The van der Waals surface area contributed by atoms with Crippen LogP contribution in [-0.4, -0.2) is 37.7 Å². The van der Waals surface area contributed by atoms with Crippen molar-refractivity contribution in [2.24, 2.45) is 0 Å². The smallest absolute Gasteiger partial charge is 0.326 e. The molecule has 0 radical (unpaired) electrons. The van der Waals surface area contributed by atoms with Crippen LogP contribution in [-0.2, 0) is 26.2 Å². The number of hydrogen-bond acceptors (Lipinski definition) is 8. The molecule has 0 saturated heterocycles. The van der Waals surface area contributed by atoms with Gasteiger partial charge in [0.05, 0.1) is 17.2 Å². The first kappa shape index (κ1) is 30.3. The summed E-state index contributed by atoms with van der Waals surface area (Å²) in [5.74, 6) is 0.643. The minimum atomic E-state index is -4.27. The largest absolute Gasteiger partial charge is 0.485 e. The molecular formula is C31H27Cl2N3O6S. The van der Waals surface area contributed by atoms with Crippen LogP contribution in [0.5, 0.6) is 5.75 Å². The Bertz CT molecular complexity index is 1830. The first-order chi connectivity index (χ1) is 20.7. The summed E-state index contributed by atoms with van der Waals surface area (Å²) < 4.78 is 45.2. The number of nitrogens with zero attached hydrogens (tertiary/aromatic N) is 3. The molecule has 0 fully saturated rings. The number of sulfonamides is 1. The number of carbonyl (C=O) groups is 1. The molecule has 0 saturated carbocycles. The predicted octanol–water partition coefficient (Wildman–Crippen LogP) is 7.31. The first-order valence-corrected chi connectivity index (χ1v) is 15.6. The highest BCUT2D eigenvalue weighted by Gasteiger charge is 2.29. The van der Waals surface area contributed by atoms with Crippen LogP contribution in [0, 0.1) is 0 Å². The summed E-state index contributed by atoms with van der Waals surface area (Å²) in [5.41, 5.74) is 0.896. The molecule has 0 N–H and O–H groups in total. The number of esters is 1. The maximum atomic E-state index is 13.8. The van der Waals surface area contributed by atoms with Crippen LogP contribution in [0.1, 0.15) is 25.6 Å². The lowest BCUT2D eigenvalue weighted by molar-refractivity contribution is -0.141. The van der Waals surface area contributed by atoms with Crippen LogP contribution < -0.4 is 9.04 Å². The summed E-state index contributed by atoms with van der Waals surface area (Å²) in [6.45, 7) is 1.73. The van der Waals surface area contributed by atoms with Crippen LogP contribution in [0.4, 0.5) is 5.69 Å². The van der Waals surface area contributed by atoms with Gasteiger partial charge < -0.3 is 14.0 Å². The zero-order valence-corrected chi connectivity index (χ0v) is 25.4. The van der Waals surface area contributed by atoms with Gasteiger partial charge in [0, 0.05) is 15.6 Å². The first-order valence-electron chi connectivity index (χ1n) is 13.4. The molecule has 4 aromatic carbocycles. The molecule has 0 aliphatic carbocycles. The van der Waals surface area contributed by atoms with E-state index in [1.54, 1.807) is 24.3 Å². The Kier molecular flexibility index (Phi) is 9.49. The van der Waals surface area contributed by atoms with Crippen molar-refractivity contribution < 1.29 is 27.2 Å². The van der Waals surface area contributed by atoms with Crippen molar-refractivity contribution in [2.75, 3.05) is 17.5 Å². The highest BCUT2D eigenvalue weighted by Crippen LogP contribution is 2.33. The molecule has 0 unspecified atom stereocenters. The molecule has 1 aromatic heterocycles. The molecule has 12 heteroatoms. The van der Waals surface area contributed by atoms with E-state index in [0.29, 0.717) is 28.9 Å². The number of aromatic nitrogens is 2. The van der Waals surface area contributed by atoms with Gasteiger partial charge in [-0.05, 0) is 65.7 Å². The Morgan fingerprint density at radius 1 is 0.953 bits per heavy atom. The van der Waals surface area contributed by atoms with E-state index in [-0.39, 0.29) is 39.7 Å². The highest BCUT2D eigenvalue weighted by molar-refractivity contribution is 7.92. The SMILES string of the molecule is CCCCOC(=O)CN(c1ccc2c(-c3nc(COc4ccccc4)no3)cccc2c1)S(=O)(=O)c1cc(Cl)cc(Cl)c1. The molecule has 0 aliphatic rings. The Morgan fingerprint density at radius 3 is 2.47 bits per heavy atom. The topological polar surface area (TPSA) is 112 Å². The fourth-order valence-corrected chi connectivity index (χ4v) is 6.44. The van der Waals surface area contributed by atoms with E-state index in [1.807, 2.05) is 49.4 Å². The zero-order valence-electron chi connectivity index (χ0n) is 23.1. The lowest BCUT2D eigenvalue weighted by atomic mass is 10.0. The van der Waals surface area contributed by atoms with Gasteiger partial charge in [-0.1, -0.05) is 78.1 Å². The number of anilines is 1. The Labute approximate surface area is 259 Å². The highest BCUT2D eigenvalue weighted by atomic mass is 35.5. The normalized spacial score (nSPS) is 11.4. The monoisotopic (exact) mass is 639 g/mol. The number of benzene rings is 4. The van der Waals surface area contributed by atoms with Crippen molar-refractivity contribution in [1.82, 2.24) is 10.1 Å². The van der Waals surface area contributed by atoms with Crippen LogP contribution in [0.15, 0.2) is 94.3 Å². The molecule has 0 aliphatic heterocycles. The van der Waals surface area contributed by atoms with Crippen molar-refractivity contribution in [3.8, 4) is 17.2 Å². The van der Waals surface area contributed by atoms with Gasteiger partial charge in [-0.25, -0.2) is 8.42 Å². The van der Waals surface area contributed by atoms with Crippen molar-refractivity contribution in [1.29, 1.82) is 0 Å². The van der Waals surface area contributed by atoms with Crippen molar-refractivity contribution in [3.63, 3.8) is 0 Å². The van der Waals surface area contributed by atoms with E-state index in [1.165, 1.54) is 18.2 Å². The van der Waals surface area contributed by atoms with E-state index in [0.717, 1.165) is 16.1 Å². The molecule has 222 valence electrons. The van der Waals surface area contributed by atoms with E-state index in [2.05, 4.69) is 10.1 Å². The number of para-hydroxylation sites is 1. The second-order valence-electron chi connectivity index (χ2n) is 9.52. The third-order valence-electron chi connectivity index (χ3n) is 6.42.